The zero-order valence-electron chi connectivity index (χ0n) is 7.99. The fourth-order valence-corrected chi connectivity index (χ4v) is 1.97. The molecule has 3 rings (SSSR count). The van der Waals surface area contributed by atoms with Crippen molar-refractivity contribution >= 4 is 0 Å². The minimum atomic E-state index is 0.698. The Morgan fingerprint density at radius 2 is 1.73 bits per heavy atom. The summed E-state index contributed by atoms with van der Waals surface area (Å²) in [6, 6.07) is 16.1. The third-order valence-electron chi connectivity index (χ3n) is 2.66. The van der Waals surface area contributed by atoms with Crippen molar-refractivity contribution in [3.05, 3.63) is 65.6 Å². The third kappa shape index (κ3) is 1.08. The summed E-state index contributed by atoms with van der Waals surface area (Å²) in [4.78, 5) is 0. The van der Waals surface area contributed by atoms with E-state index in [0.717, 1.165) is 16.7 Å². The zero-order chi connectivity index (χ0) is 10.3. The normalized spacial score (nSPS) is 11.7. The average molecular weight is 189 g/mol. The summed E-state index contributed by atoms with van der Waals surface area (Å²) < 4.78 is 0. The zero-order valence-corrected chi connectivity index (χ0v) is 7.99. The van der Waals surface area contributed by atoms with Crippen LogP contribution < -0.4 is 0 Å². The van der Waals surface area contributed by atoms with Crippen LogP contribution in [0.5, 0.6) is 0 Å². The minimum absolute atomic E-state index is 0.698. The highest BCUT2D eigenvalue weighted by Gasteiger charge is 2.20. The molecule has 0 amide bonds. The summed E-state index contributed by atoms with van der Waals surface area (Å²) in [5.74, 6) is 0. The monoisotopic (exact) mass is 189 g/mol. The van der Waals surface area contributed by atoms with E-state index in [1.165, 1.54) is 5.56 Å². The molecule has 0 unspecified atom stereocenters. The second-order valence-electron chi connectivity index (χ2n) is 3.51. The molecule has 0 spiro atoms. The molecule has 0 bridgehead atoms. The summed E-state index contributed by atoms with van der Waals surface area (Å²) in [6.45, 7) is 0. The molecule has 2 radical (unpaired) electrons. The number of nitriles is 1. The van der Waals surface area contributed by atoms with Crippen molar-refractivity contribution in [3.8, 4) is 17.2 Å². The van der Waals surface area contributed by atoms with Gasteiger partial charge in [-0.05, 0) is 28.3 Å². The van der Waals surface area contributed by atoms with E-state index in [4.69, 9.17) is 5.26 Å². The second kappa shape index (κ2) is 2.96. The van der Waals surface area contributed by atoms with E-state index in [1.807, 2.05) is 36.4 Å². The number of hydrogen-bond donors (Lipinski definition) is 0. The molecule has 1 heteroatoms. The number of nitrogens with zero attached hydrogens (tertiary/aromatic N) is 1. The summed E-state index contributed by atoms with van der Waals surface area (Å²) in [7, 11) is 0. The van der Waals surface area contributed by atoms with E-state index in [-0.39, 0.29) is 0 Å². The Hall–Kier alpha value is -2.07. The Morgan fingerprint density at radius 1 is 0.933 bits per heavy atom. The van der Waals surface area contributed by atoms with Crippen LogP contribution in [0, 0.1) is 17.8 Å². The molecule has 15 heavy (non-hydrogen) atoms. The Labute approximate surface area is 88.6 Å². The summed E-state index contributed by atoms with van der Waals surface area (Å²) in [6.07, 6.45) is 3.28. The Balaban J connectivity index is 2.32. The lowest BCUT2D eigenvalue weighted by molar-refractivity contribution is 1.44. The molecular formula is C14H7N. The maximum absolute atomic E-state index is 8.99. The van der Waals surface area contributed by atoms with Crippen LogP contribution >= 0.6 is 0 Å². The summed E-state index contributed by atoms with van der Waals surface area (Å²) in [5.41, 5.74) is 4.99. The van der Waals surface area contributed by atoms with Gasteiger partial charge in [-0.3, -0.25) is 0 Å². The smallest absolute Gasteiger partial charge is 0.0995 e. The van der Waals surface area contributed by atoms with E-state index in [9.17, 15) is 0 Å². The molecule has 1 aliphatic rings. The highest BCUT2D eigenvalue weighted by molar-refractivity contribution is 5.83. The van der Waals surface area contributed by atoms with Crippen LogP contribution in [-0.4, -0.2) is 0 Å². The summed E-state index contributed by atoms with van der Waals surface area (Å²) >= 11 is 0. The van der Waals surface area contributed by atoms with Gasteiger partial charge in [-0.1, -0.05) is 36.4 Å². The van der Waals surface area contributed by atoms with E-state index in [1.54, 1.807) is 0 Å². The predicted octanol–water partition coefficient (Wildman–Crippen LogP) is 3.02. The van der Waals surface area contributed by atoms with Crippen LogP contribution in [0.25, 0.3) is 11.1 Å². The van der Waals surface area contributed by atoms with Gasteiger partial charge in [0.15, 0.2) is 0 Å². The van der Waals surface area contributed by atoms with Crippen molar-refractivity contribution in [2.45, 2.75) is 0 Å². The van der Waals surface area contributed by atoms with E-state index >= 15 is 0 Å². The molecule has 0 atom stereocenters. The van der Waals surface area contributed by atoms with Crippen LogP contribution in [0.2, 0.25) is 0 Å². The molecule has 0 aromatic heterocycles. The van der Waals surface area contributed by atoms with Gasteiger partial charge >= 0.3 is 0 Å². The molecule has 0 saturated heterocycles. The second-order valence-corrected chi connectivity index (χ2v) is 3.51. The Kier molecular flexibility index (Phi) is 1.63. The SMILES string of the molecule is N#Cc1cccc2c1[C]c1ccccc1-2. The van der Waals surface area contributed by atoms with Crippen LogP contribution in [0.15, 0.2) is 42.5 Å². The van der Waals surface area contributed by atoms with Crippen LogP contribution in [0.3, 0.4) is 0 Å². The van der Waals surface area contributed by atoms with Crippen molar-refractivity contribution in [1.82, 2.24) is 0 Å². The van der Waals surface area contributed by atoms with Gasteiger partial charge in [-0.25, -0.2) is 0 Å². The Bertz CT molecular complexity index is 576. The highest BCUT2D eigenvalue weighted by Crippen LogP contribution is 2.38. The number of benzene rings is 2. The maximum atomic E-state index is 8.99. The lowest BCUT2D eigenvalue weighted by Crippen LogP contribution is -1.84. The van der Waals surface area contributed by atoms with Crippen molar-refractivity contribution in [1.29, 1.82) is 5.26 Å². The molecule has 2 aromatic rings. The van der Waals surface area contributed by atoms with Crippen LogP contribution in [-0.2, 0) is 0 Å². The first-order chi connectivity index (χ1) is 7.40. The predicted molar refractivity (Wildman–Crippen MR) is 58.0 cm³/mol. The van der Waals surface area contributed by atoms with Gasteiger partial charge in [0.05, 0.1) is 18.1 Å². The van der Waals surface area contributed by atoms with Crippen LogP contribution in [0.1, 0.15) is 16.7 Å². The molecule has 0 saturated carbocycles. The topological polar surface area (TPSA) is 23.8 Å². The fraction of sp³-hybridized carbons (Fsp3) is 0. The molecule has 0 heterocycles. The van der Waals surface area contributed by atoms with E-state index in [0.29, 0.717) is 5.56 Å². The van der Waals surface area contributed by atoms with Crippen LogP contribution in [0.4, 0.5) is 0 Å². The fourth-order valence-electron chi connectivity index (χ4n) is 1.97. The molecule has 2 aromatic carbocycles. The molecule has 68 valence electrons. The van der Waals surface area contributed by atoms with Crippen molar-refractivity contribution < 1.29 is 0 Å². The molecular weight excluding hydrogens is 182 g/mol. The average Bonchev–Trinajstić information content (AvgIpc) is 2.67. The van der Waals surface area contributed by atoms with Gasteiger partial charge in [-0.15, -0.1) is 0 Å². The standard InChI is InChI=1S/C14H7N/c15-9-11-5-3-7-13-12-6-2-1-4-10(12)8-14(11)13/h1-7H. The van der Waals surface area contributed by atoms with Gasteiger partial charge in [-0.2, -0.15) is 5.26 Å². The van der Waals surface area contributed by atoms with Gasteiger partial charge in [0, 0.05) is 0 Å². The quantitative estimate of drug-likeness (QED) is 0.533. The lowest BCUT2D eigenvalue weighted by Gasteiger charge is -2.00. The largest absolute Gasteiger partial charge is 0.192 e. The number of fused-ring (bicyclic) bond motifs is 3. The van der Waals surface area contributed by atoms with E-state index < -0.39 is 0 Å². The molecule has 1 nitrogen and oxygen atoms in total. The third-order valence-corrected chi connectivity index (χ3v) is 2.66. The summed E-state index contributed by atoms with van der Waals surface area (Å²) in [5, 5.41) is 8.99. The number of hydrogen-bond acceptors (Lipinski definition) is 1. The molecule has 1 aliphatic carbocycles. The minimum Gasteiger partial charge on any atom is -0.192 e. The molecule has 0 fully saturated rings. The highest BCUT2D eigenvalue weighted by atomic mass is 14.3. The number of rotatable bonds is 0. The van der Waals surface area contributed by atoms with Gasteiger partial charge in [0.1, 0.15) is 0 Å². The lowest BCUT2D eigenvalue weighted by atomic mass is 10.0. The van der Waals surface area contributed by atoms with Crippen molar-refractivity contribution in [2.75, 3.05) is 0 Å². The van der Waals surface area contributed by atoms with Crippen molar-refractivity contribution in [3.63, 3.8) is 0 Å². The maximum Gasteiger partial charge on any atom is 0.0995 e. The first-order valence-electron chi connectivity index (χ1n) is 4.79. The van der Waals surface area contributed by atoms with Gasteiger partial charge in [0.2, 0.25) is 0 Å². The van der Waals surface area contributed by atoms with Crippen molar-refractivity contribution in [2.24, 2.45) is 0 Å². The molecule has 0 aliphatic heterocycles. The van der Waals surface area contributed by atoms with E-state index in [2.05, 4.69) is 18.6 Å². The first kappa shape index (κ1) is 8.26. The first-order valence-corrected chi connectivity index (χ1v) is 4.79. The molecule has 0 N–H and O–H groups in total. The Morgan fingerprint density at radius 3 is 2.60 bits per heavy atom. The van der Waals surface area contributed by atoms with Gasteiger partial charge in [0.25, 0.3) is 0 Å². The van der Waals surface area contributed by atoms with Gasteiger partial charge < -0.3 is 0 Å².